The number of aromatic nitrogens is 3. The highest BCUT2D eigenvalue weighted by atomic mass is 16.5. The maximum absolute atomic E-state index is 6.13. The van der Waals surface area contributed by atoms with E-state index < -0.39 is 0 Å². The van der Waals surface area contributed by atoms with E-state index in [1.165, 1.54) is 0 Å². The fraction of sp³-hybridized carbons (Fsp3) is 0.611. The van der Waals surface area contributed by atoms with Crippen LogP contribution < -0.4 is 5.32 Å². The van der Waals surface area contributed by atoms with Crippen molar-refractivity contribution in [3.8, 4) is 11.5 Å². The number of nitrogens with zero attached hydrogens (tertiary/aromatic N) is 3. The summed E-state index contributed by atoms with van der Waals surface area (Å²) in [6.07, 6.45) is 2.68. The molecular formula is C18H26N4O2. The van der Waals surface area contributed by atoms with E-state index in [0.29, 0.717) is 11.7 Å². The number of pyridine rings is 1. The molecule has 1 aliphatic heterocycles. The van der Waals surface area contributed by atoms with E-state index >= 15 is 0 Å². The third-order valence-electron chi connectivity index (χ3n) is 4.36. The number of nitrogens with one attached hydrogen (secondary N) is 1. The van der Waals surface area contributed by atoms with E-state index in [-0.39, 0.29) is 23.2 Å². The molecular weight excluding hydrogens is 304 g/mol. The van der Waals surface area contributed by atoms with Crippen molar-refractivity contribution in [2.24, 2.45) is 0 Å². The van der Waals surface area contributed by atoms with Crippen LogP contribution in [0.4, 0.5) is 5.82 Å². The molecule has 1 saturated heterocycles. The van der Waals surface area contributed by atoms with E-state index in [4.69, 9.17) is 9.26 Å². The summed E-state index contributed by atoms with van der Waals surface area (Å²) < 4.78 is 11.5. The summed E-state index contributed by atoms with van der Waals surface area (Å²) in [7, 11) is 0. The molecule has 0 saturated carbocycles. The van der Waals surface area contributed by atoms with E-state index in [2.05, 4.69) is 48.1 Å². The summed E-state index contributed by atoms with van der Waals surface area (Å²) in [4.78, 5) is 8.87. The lowest BCUT2D eigenvalue weighted by Crippen LogP contribution is -2.38. The zero-order valence-corrected chi connectivity index (χ0v) is 15.3. The molecule has 130 valence electrons. The highest BCUT2D eigenvalue weighted by Gasteiger charge is 2.45. The minimum Gasteiger partial charge on any atom is -0.367 e. The van der Waals surface area contributed by atoms with Crippen LogP contribution in [0.5, 0.6) is 0 Å². The van der Waals surface area contributed by atoms with Crippen molar-refractivity contribution in [2.75, 3.05) is 5.32 Å². The van der Waals surface area contributed by atoms with E-state index in [9.17, 15) is 0 Å². The molecule has 0 bridgehead atoms. The predicted molar refractivity (Wildman–Crippen MR) is 92.9 cm³/mol. The van der Waals surface area contributed by atoms with Gasteiger partial charge >= 0.3 is 0 Å². The fourth-order valence-electron chi connectivity index (χ4n) is 3.19. The van der Waals surface area contributed by atoms with Crippen LogP contribution in [0.15, 0.2) is 22.9 Å². The Hall–Kier alpha value is -1.95. The van der Waals surface area contributed by atoms with Crippen LogP contribution in [0.3, 0.4) is 0 Å². The SMILES string of the molecule is CC(C)c1noc(-c2ccnc(NC3CC(C)(C)OC3(C)C)c2)n1. The Morgan fingerprint density at radius 2 is 2.00 bits per heavy atom. The Labute approximate surface area is 143 Å². The van der Waals surface area contributed by atoms with Gasteiger partial charge in [0.25, 0.3) is 5.89 Å². The molecule has 1 atom stereocenters. The Balaban J connectivity index is 1.81. The number of ether oxygens (including phenoxy) is 1. The largest absolute Gasteiger partial charge is 0.367 e. The van der Waals surface area contributed by atoms with Gasteiger partial charge in [0.1, 0.15) is 5.82 Å². The van der Waals surface area contributed by atoms with Crippen LogP contribution in [0, 0.1) is 0 Å². The first kappa shape index (κ1) is 16.9. The van der Waals surface area contributed by atoms with Gasteiger partial charge in [0.2, 0.25) is 0 Å². The van der Waals surface area contributed by atoms with Gasteiger partial charge in [-0.3, -0.25) is 0 Å². The molecule has 1 unspecified atom stereocenters. The zero-order valence-electron chi connectivity index (χ0n) is 15.3. The molecule has 6 heteroatoms. The molecule has 2 aromatic rings. The maximum Gasteiger partial charge on any atom is 0.258 e. The Bertz CT molecular complexity index is 721. The van der Waals surface area contributed by atoms with Crippen molar-refractivity contribution in [3.05, 3.63) is 24.2 Å². The third-order valence-corrected chi connectivity index (χ3v) is 4.36. The molecule has 0 aliphatic carbocycles. The standard InChI is InChI=1S/C18H26N4O2/c1-11(2)15-21-16(23-22-15)12-7-8-19-14(9-12)20-13-10-17(3,4)24-18(13,5)6/h7-9,11,13H,10H2,1-6H3,(H,19,20). The van der Waals surface area contributed by atoms with Crippen molar-refractivity contribution >= 4 is 5.82 Å². The highest BCUT2D eigenvalue weighted by Crippen LogP contribution is 2.38. The Morgan fingerprint density at radius 1 is 1.25 bits per heavy atom. The van der Waals surface area contributed by atoms with Crippen molar-refractivity contribution in [1.29, 1.82) is 0 Å². The highest BCUT2D eigenvalue weighted by molar-refractivity contribution is 5.58. The van der Waals surface area contributed by atoms with Crippen LogP contribution in [-0.2, 0) is 4.74 Å². The van der Waals surface area contributed by atoms with Crippen molar-refractivity contribution in [3.63, 3.8) is 0 Å². The van der Waals surface area contributed by atoms with Crippen LogP contribution in [0.2, 0.25) is 0 Å². The first-order chi connectivity index (χ1) is 11.2. The monoisotopic (exact) mass is 330 g/mol. The number of anilines is 1. The molecule has 3 heterocycles. The summed E-state index contributed by atoms with van der Waals surface area (Å²) in [6.45, 7) is 12.5. The molecule has 0 aromatic carbocycles. The Morgan fingerprint density at radius 3 is 2.58 bits per heavy atom. The van der Waals surface area contributed by atoms with E-state index in [0.717, 1.165) is 17.8 Å². The van der Waals surface area contributed by atoms with Crippen LogP contribution in [-0.4, -0.2) is 32.4 Å². The van der Waals surface area contributed by atoms with Crippen LogP contribution in [0.25, 0.3) is 11.5 Å². The minimum atomic E-state index is -0.253. The second kappa shape index (κ2) is 5.84. The van der Waals surface area contributed by atoms with Gasteiger partial charge in [-0.2, -0.15) is 4.98 Å². The quantitative estimate of drug-likeness (QED) is 0.913. The molecule has 0 amide bonds. The molecule has 1 N–H and O–H groups in total. The summed E-state index contributed by atoms with van der Waals surface area (Å²) in [5.41, 5.74) is 0.469. The van der Waals surface area contributed by atoms with Gasteiger partial charge in [0, 0.05) is 17.7 Å². The molecule has 1 aliphatic rings. The predicted octanol–water partition coefficient (Wildman–Crippen LogP) is 4.01. The van der Waals surface area contributed by atoms with Crippen molar-refractivity contribution in [1.82, 2.24) is 15.1 Å². The van der Waals surface area contributed by atoms with Gasteiger partial charge in [-0.05, 0) is 46.2 Å². The number of hydrogen-bond acceptors (Lipinski definition) is 6. The number of rotatable bonds is 4. The molecule has 0 spiro atoms. The van der Waals surface area contributed by atoms with Gasteiger partial charge in [-0.25, -0.2) is 4.98 Å². The molecule has 2 aromatic heterocycles. The average molecular weight is 330 g/mol. The summed E-state index contributed by atoms with van der Waals surface area (Å²) in [5.74, 6) is 2.26. The average Bonchev–Trinajstić information content (AvgIpc) is 3.02. The van der Waals surface area contributed by atoms with Crippen molar-refractivity contribution in [2.45, 2.75) is 71.1 Å². The lowest BCUT2D eigenvalue weighted by molar-refractivity contribution is -0.0662. The van der Waals surface area contributed by atoms with Gasteiger partial charge < -0.3 is 14.6 Å². The molecule has 0 radical (unpaired) electrons. The zero-order chi connectivity index (χ0) is 17.5. The lowest BCUT2D eigenvalue weighted by Gasteiger charge is -2.28. The normalized spacial score (nSPS) is 22.0. The van der Waals surface area contributed by atoms with Gasteiger partial charge in [0.15, 0.2) is 5.82 Å². The first-order valence-electron chi connectivity index (χ1n) is 8.43. The van der Waals surface area contributed by atoms with Gasteiger partial charge in [-0.1, -0.05) is 19.0 Å². The molecule has 3 rings (SSSR count). The molecule has 6 nitrogen and oxygen atoms in total. The van der Waals surface area contributed by atoms with E-state index in [1.54, 1.807) is 6.20 Å². The first-order valence-corrected chi connectivity index (χ1v) is 8.43. The Kier molecular flexibility index (Phi) is 4.11. The van der Waals surface area contributed by atoms with Crippen LogP contribution in [0.1, 0.15) is 59.7 Å². The summed E-state index contributed by atoms with van der Waals surface area (Å²) in [5, 5.41) is 7.52. The molecule has 24 heavy (non-hydrogen) atoms. The second-order valence-electron chi connectivity index (χ2n) is 7.91. The van der Waals surface area contributed by atoms with Gasteiger partial charge in [-0.15, -0.1) is 0 Å². The maximum atomic E-state index is 6.13. The number of hydrogen-bond donors (Lipinski definition) is 1. The van der Waals surface area contributed by atoms with Gasteiger partial charge in [0.05, 0.1) is 17.2 Å². The van der Waals surface area contributed by atoms with E-state index in [1.807, 2.05) is 26.0 Å². The van der Waals surface area contributed by atoms with Crippen molar-refractivity contribution < 1.29 is 9.26 Å². The second-order valence-corrected chi connectivity index (χ2v) is 7.91. The summed E-state index contributed by atoms with van der Waals surface area (Å²) >= 11 is 0. The lowest BCUT2D eigenvalue weighted by atomic mass is 9.94. The van der Waals surface area contributed by atoms with Crippen LogP contribution >= 0.6 is 0 Å². The third kappa shape index (κ3) is 3.43. The fourth-order valence-corrected chi connectivity index (χ4v) is 3.19. The topological polar surface area (TPSA) is 73.1 Å². The minimum absolute atomic E-state index is 0.141. The smallest absolute Gasteiger partial charge is 0.258 e. The molecule has 1 fully saturated rings. The summed E-state index contributed by atoms with van der Waals surface area (Å²) in [6, 6.07) is 4.01.